The highest BCUT2D eigenvalue weighted by Gasteiger charge is 2.51. The van der Waals surface area contributed by atoms with E-state index in [2.05, 4.69) is 152 Å². The SMILES string of the molecule is c1ccc(-c2nc(-c3ccccc3)nc(-c3cccc4sc5ccc(-c6ccc7c(c6)C6(c8ccccc8-c8ccccc86)c6ccccc6-7)cc5c34)n2)cc1. The number of rotatable bonds is 4. The van der Waals surface area contributed by atoms with Crippen molar-refractivity contribution in [3.8, 4) is 67.5 Å². The number of hydrogen-bond acceptors (Lipinski definition) is 4. The second kappa shape index (κ2) is 12.0. The molecule has 12 rings (SSSR count). The molecule has 2 heterocycles. The number of fused-ring (bicyclic) bond motifs is 13. The van der Waals surface area contributed by atoms with Crippen molar-refractivity contribution in [1.82, 2.24) is 15.0 Å². The van der Waals surface area contributed by atoms with Crippen LogP contribution in [-0.4, -0.2) is 15.0 Å². The molecule has 2 aliphatic carbocycles. The Bertz CT molecular complexity index is 3080. The van der Waals surface area contributed by atoms with Gasteiger partial charge in [-0.1, -0.05) is 164 Å². The monoisotopic (exact) mass is 729 g/mol. The first-order chi connectivity index (χ1) is 27.8. The Kier molecular flexibility index (Phi) is 6.72. The summed E-state index contributed by atoms with van der Waals surface area (Å²) >= 11 is 1.82. The predicted octanol–water partition coefficient (Wildman–Crippen LogP) is 13.3. The Balaban J connectivity index is 1.06. The second-order valence-electron chi connectivity index (χ2n) is 14.7. The van der Waals surface area contributed by atoms with Gasteiger partial charge in [0, 0.05) is 36.9 Å². The van der Waals surface area contributed by atoms with Gasteiger partial charge in [0.05, 0.1) is 5.41 Å². The highest BCUT2D eigenvalue weighted by molar-refractivity contribution is 7.26. The standard InChI is InChI=1S/C52H31N3S/c1-3-14-32(15-4-1)49-53-50(33-16-5-2-6-17-33)55-51(54-49)40-21-13-25-47-48(40)41-30-34(27-29-46(41)56-47)35-26-28-39-38-20-9-12-24-44(38)52(45(39)31-35)42-22-10-7-18-36(42)37-19-8-11-23-43(37)52/h1-31H. The number of benzene rings is 8. The summed E-state index contributed by atoms with van der Waals surface area (Å²) in [7, 11) is 0. The van der Waals surface area contributed by atoms with E-state index < -0.39 is 0 Å². The molecule has 4 heteroatoms. The predicted molar refractivity (Wildman–Crippen MR) is 231 cm³/mol. The third kappa shape index (κ3) is 4.42. The molecule has 3 nitrogen and oxygen atoms in total. The van der Waals surface area contributed by atoms with Gasteiger partial charge in [0.15, 0.2) is 17.5 Å². The average molecular weight is 730 g/mol. The summed E-state index contributed by atoms with van der Waals surface area (Å²) in [5.41, 5.74) is 15.6. The molecule has 56 heavy (non-hydrogen) atoms. The van der Waals surface area contributed by atoms with Crippen LogP contribution in [-0.2, 0) is 5.41 Å². The highest BCUT2D eigenvalue weighted by Crippen LogP contribution is 2.63. The van der Waals surface area contributed by atoms with Gasteiger partial charge < -0.3 is 0 Å². The molecule has 0 bridgehead atoms. The lowest BCUT2D eigenvalue weighted by Crippen LogP contribution is -2.25. The molecule has 0 saturated heterocycles. The van der Waals surface area contributed by atoms with Gasteiger partial charge in [-0.2, -0.15) is 0 Å². The van der Waals surface area contributed by atoms with Gasteiger partial charge in [-0.15, -0.1) is 11.3 Å². The van der Waals surface area contributed by atoms with E-state index in [0.717, 1.165) is 16.7 Å². The van der Waals surface area contributed by atoms with Crippen LogP contribution in [0.2, 0.25) is 0 Å². The van der Waals surface area contributed by atoms with Crippen LogP contribution in [0.25, 0.3) is 87.7 Å². The van der Waals surface area contributed by atoms with Crippen molar-refractivity contribution in [3.63, 3.8) is 0 Å². The maximum Gasteiger partial charge on any atom is 0.164 e. The van der Waals surface area contributed by atoms with Gasteiger partial charge in [0.1, 0.15) is 0 Å². The molecule has 0 saturated carbocycles. The van der Waals surface area contributed by atoms with Crippen LogP contribution in [0.3, 0.4) is 0 Å². The quantitative estimate of drug-likeness (QED) is 0.181. The van der Waals surface area contributed by atoms with Crippen molar-refractivity contribution < 1.29 is 0 Å². The fourth-order valence-electron chi connectivity index (χ4n) is 9.40. The van der Waals surface area contributed by atoms with Crippen LogP contribution < -0.4 is 0 Å². The van der Waals surface area contributed by atoms with Crippen LogP contribution in [0.1, 0.15) is 22.3 Å². The van der Waals surface area contributed by atoms with Gasteiger partial charge in [0.2, 0.25) is 0 Å². The van der Waals surface area contributed by atoms with Gasteiger partial charge >= 0.3 is 0 Å². The number of hydrogen-bond donors (Lipinski definition) is 0. The minimum Gasteiger partial charge on any atom is -0.208 e. The van der Waals surface area contributed by atoms with E-state index in [1.807, 2.05) is 47.7 Å². The Labute approximate surface area is 328 Å². The van der Waals surface area contributed by atoms with Crippen LogP contribution in [0, 0.1) is 0 Å². The van der Waals surface area contributed by atoms with Crippen molar-refractivity contribution in [1.29, 1.82) is 0 Å². The van der Waals surface area contributed by atoms with Crippen LogP contribution in [0.5, 0.6) is 0 Å². The summed E-state index contributed by atoms with van der Waals surface area (Å²) in [6.07, 6.45) is 0. The Hall–Kier alpha value is -7.01. The number of aromatic nitrogens is 3. The van der Waals surface area contributed by atoms with Crippen molar-refractivity contribution in [3.05, 3.63) is 210 Å². The summed E-state index contributed by atoms with van der Waals surface area (Å²) in [6, 6.07) is 68.0. The molecule has 0 radical (unpaired) electrons. The first kappa shape index (κ1) is 31.4. The fourth-order valence-corrected chi connectivity index (χ4v) is 10.5. The first-order valence-corrected chi connectivity index (χ1v) is 19.8. The van der Waals surface area contributed by atoms with Gasteiger partial charge in [0.25, 0.3) is 0 Å². The summed E-state index contributed by atoms with van der Waals surface area (Å²) in [5, 5.41) is 2.37. The van der Waals surface area contributed by atoms with E-state index in [4.69, 9.17) is 15.0 Å². The Morgan fingerprint density at radius 2 is 0.804 bits per heavy atom. The van der Waals surface area contributed by atoms with E-state index in [1.54, 1.807) is 0 Å². The second-order valence-corrected chi connectivity index (χ2v) is 15.8. The third-order valence-corrected chi connectivity index (χ3v) is 12.9. The first-order valence-electron chi connectivity index (χ1n) is 19.0. The molecule has 10 aromatic rings. The van der Waals surface area contributed by atoms with E-state index in [1.165, 1.54) is 75.8 Å². The molecule has 260 valence electrons. The number of thiophene rings is 1. The van der Waals surface area contributed by atoms with Crippen molar-refractivity contribution in [2.24, 2.45) is 0 Å². The molecule has 0 N–H and O–H groups in total. The molecule has 2 aromatic heterocycles. The largest absolute Gasteiger partial charge is 0.208 e. The van der Waals surface area contributed by atoms with E-state index in [-0.39, 0.29) is 5.41 Å². The molecule has 0 amide bonds. The summed E-state index contributed by atoms with van der Waals surface area (Å²) in [6.45, 7) is 0. The normalized spacial score (nSPS) is 13.1. The summed E-state index contributed by atoms with van der Waals surface area (Å²) < 4.78 is 2.45. The van der Waals surface area contributed by atoms with Crippen molar-refractivity contribution in [2.45, 2.75) is 5.41 Å². The lowest BCUT2D eigenvalue weighted by atomic mass is 9.70. The maximum atomic E-state index is 5.14. The van der Waals surface area contributed by atoms with Crippen molar-refractivity contribution in [2.75, 3.05) is 0 Å². The highest BCUT2D eigenvalue weighted by atomic mass is 32.1. The van der Waals surface area contributed by atoms with E-state index >= 15 is 0 Å². The molecule has 2 aliphatic rings. The maximum absolute atomic E-state index is 5.14. The molecule has 8 aromatic carbocycles. The zero-order chi connectivity index (χ0) is 36.8. The van der Waals surface area contributed by atoms with Crippen LogP contribution >= 0.6 is 11.3 Å². The average Bonchev–Trinajstić information content (AvgIpc) is 3.90. The van der Waals surface area contributed by atoms with Crippen LogP contribution in [0.4, 0.5) is 0 Å². The Morgan fingerprint density at radius 1 is 0.321 bits per heavy atom. The summed E-state index contributed by atoms with van der Waals surface area (Å²) in [5.74, 6) is 1.99. The van der Waals surface area contributed by atoms with Crippen LogP contribution in [0.15, 0.2) is 188 Å². The molecule has 1 spiro atoms. The van der Waals surface area contributed by atoms with E-state index in [9.17, 15) is 0 Å². The van der Waals surface area contributed by atoms with Gasteiger partial charge in [-0.05, 0) is 79.9 Å². The summed E-state index contributed by atoms with van der Waals surface area (Å²) in [4.78, 5) is 15.2. The lowest BCUT2D eigenvalue weighted by molar-refractivity contribution is 0.794. The van der Waals surface area contributed by atoms with Crippen molar-refractivity contribution >= 4 is 31.5 Å². The molecular weight excluding hydrogens is 699 g/mol. The zero-order valence-electron chi connectivity index (χ0n) is 30.1. The van der Waals surface area contributed by atoms with E-state index in [0.29, 0.717) is 17.5 Å². The minimum absolute atomic E-state index is 0.382. The zero-order valence-corrected chi connectivity index (χ0v) is 31.0. The topological polar surface area (TPSA) is 38.7 Å². The van der Waals surface area contributed by atoms with Gasteiger partial charge in [-0.25, -0.2) is 15.0 Å². The number of nitrogens with zero attached hydrogens (tertiary/aromatic N) is 3. The molecule has 0 fully saturated rings. The molecule has 0 unspecified atom stereocenters. The van der Waals surface area contributed by atoms with Gasteiger partial charge in [-0.3, -0.25) is 0 Å². The lowest BCUT2D eigenvalue weighted by Gasteiger charge is -2.30. The molecule has 0 aliphatic heterocycles. The minimum atomic E-state index is -0.382. The fraction of sp³-hybridized carbons (Fsp3) is 0.0192. The Morgan fingerprint density at radius 3 is 1.41 bits per heavy atom. The third-order valence-electron chi connectivity index (χ3n) is 11.8. The smallest absolute Gasteiger partial charge is 0.164 e. The molecular formula is C52H31N3S. The molecule has 0 atom stereocenters.